The van der Waals surface area contributed by atoms with Crippen molar-refractivity contribution in [3.63, 3.8) is 0 Å². The lowest BCUT2D eigenvalue weighted by molar-refractivity contribution is -0.147. The van der Waals surface area contributed by atoms with Crippen LogP contribution >= 0.6 is 0 Å². The Morgan fingerprint density at radius 3 is 1.12 bits per heavy atom. The van der Waals surface area contributed by atoms with Gasteiger partial charge in [-0.3, -0.25) is 34.6 Å². The summed E-state index contributed by atoms with van der Waals surface area (Å²) in [5, 5.41) is 39.7. The molecule has 3 fully saturated rings. The van der Waals surface area contributed by atoms with Gasteiger partial charge in [-0.25, -0.2) is 70.0 Å². The molecule has 6 heterocycles. The summed E-state index contributed by atoms with van der Waals surface area (Å²) in [4.78, 5) is 112. The number of carboxylic acids is 1. The minimum absolute atomic E-state index is 0.00253. The summed E-state index contributed by atoms with van der Waals surface area (Å²) < 4.78 is 78.7. The topological polar surface area (TPSA) is 499 Å². The van der Waals surface area contributed by atoms with Gasteiger partial charge >= 0.3 is 47.7 Å². The van der Waals surface area contributed by atoms with E-state index in [9.17, 15) is 63.6 Å². The molecule has 3 aliphatic heterocycles. The lowest BCUT2D eigenvalue weighted by Gasteiger charge is -2.38. The summed E-state index contributed by atoms with van der Waals surface area (Å²) in [6.07, 6.45) is 7.99. The number of hydrogen-bond donors (Lipinski definition) is 11. The van der Waals surface area contributed by atoms with Gasteiger partial charge in [0, 0.05) is 19.1 Å². The van der Waals surface area contributed by atoms with Gasteiger partial charge in [-0.05, 0) is 213 Å². The highest BCUT2D eigenvalue weighted by Crippen LogP contribution is 2.36. The average Bonchev–Trinajstić information content (AvgIpc) is 0.804. The number of carbonyl (C=O) groups is 8. The summed E-state index contributed by atoms with van der Waals surface area (Å²) in [6.45, 7) is 23.6. The second kappa shape index (κ2) is 35.6. The molecular formula is C70H93N15O17S3. The fourth-order valence-electron chi connectivity index (χ4n) is 11.2. The van der Waals surface area contributed by atoms with Crippen molar-refractivity contribution in [1.29, 1.82) is 0 Å². The minimum atomic E-state index is -3.84. The Morgan fingerprint density at radius 1 is 0.476 bits per heavy atom. The smallest absolute Gasteiger partial charge is 0.413 e. The molecule has 0 unspecified atom stereocenters. The number of ether oxygens (including phenoxy) is 2. The number of carbonyl (C=O) groups excluding carboxylic acids is 7. The van der Waals surface area contributed by atoms with Crippen molar-refractivity contribution in [2.75, 3.05) is 52.0 Å². The lowest BCUT2D eigenvalue weighted by Crippen LogP contribution is -2.46. The number of benzene rings is 3. The molecule has 0 radical (unpaired) electrons. The van der Waals surface area contributed by atoms with Crippen molar-refractivity contribution in [3.8, 4) is 0 Å². The summed E-state index contributed by atoms with van der Waals surface area (Å²) in [7, 11) is -11.2. The summed E-state index contributed by atoms with van der Waals surface area (Å²) in [6, 6.07) is 23.3. The van der Waals surface area contributed by atoms with E-state index in [0.717, 1.165) is 48.4 Å². The zero-order valence-corrected chi connectivity index (χ0v) is 62.9. The maximum absolute atomic E-state index is 13.2. The van der Waals surface area contributed by atoms with E-state index in [4.69, 9.17) is 35.7 Å². The van der Waals surface area contributed by atoms with Gasteiger partial charge in [0.2, 0.25) is 30.1 Å². The number of pyridine rings is 3. The lowest BCUT2D eigenvalue weighted by atomic mass is 9.90. The second-order valence-electron chi connectivity index (χ2n) is 27.9. The van der Waals surface area contributed by atoms with E-state index in [1.807, 2.05) is 26.0 Å². The van der Waals surface area contributed by atoms with E-state index in [1.54, 1.807) is 111 Å². The number of aromatic nitrogens is 3. The van der Waals surface area contributed by atoms with Gasteiger partial charge in [0.05, 0.1) is 62.4 Å². The van der Waals surface area contributed by atoms with E-state index in [1.165, 1.54) is 65.1 Å². The highest BCUT2D eigenvalue weighted by Gasteiger charge is 2.37. The number of likely N-dealkylation sites (tertiary alicyclic amines) is 2. The summed E-state index contributed by atoms with van der Waals surface area (Å²) in [5.74, 6) is -3.67. The minimum Gasteiger partial charge on any atom is -0.474 e. The van der Waals surface area contributed by atoms with Gasteiger partial charge in [-0.15, -0.1) is 0 Å². The number of sulfonamides is 3. The largest absolute Gasteiger partial charge is 0.474 e. The van der Waals surface area contributed by atoms with Crippen molar-refractivity contribution >= 4 is 112 Å². The van der Waals surface area contributed by atoms with Gasteiger partial charge in [0.25, 0.3) is 0 Å². The molecule has 15 N–H and O–H groups in total. The van der Waals surface area contributed by atoms with Crippen LogP contribution in [0.5, 0.6) is 0 Å². The number of hydrogen-bond acceptors (Lipinski definition) is 21. The van der Waals surface area contributed by atoms with Crippen LogP contribution in [0.3, 0.4) is 0 Å². The number of primary sulfonamides is 3. The first kappa shape index (κ1) is 83.9. The van der Waals surface area contributed by atoms with Gasteiger partial charge < -0.3 is 51.4 Å². The highest BCUT2D eigenvalue weighted by atomic mass is 32.2. The molecule has 6 aromatic rings. The van der Waals surface area contributed by atoms with Crippen LogP contribution in [-0.4, -0.2) is 134 Å². The van der Waals surface area contributed by atoms with Crippen LogP contribution in [0.25, 0.3) is 0 Å². The van der Waals surface area contributed by atoms with E-state index in [2.05, 4.69) is 53.8 Å². The van der Waals surface area contributed by atoms with E-state index in [0.29, 0.717) is 65.9 Å². The number of nitrogen functional groups attached to an aromatic ring is 1. The van der Waals surface area contributed by atoms with Crippen LogP contribution in [0, 0.1) is 38.5 Å². The maximum Gasteiger partial charge on any atom is 0.413 e. The first-order chi connectivity index (χ1) is 48.7. The SMILES string of the molecule is C[C@H]1CC[C@H](c2ccc(S(N)(=O)=O)cc2)NC1.Cc1cc(NC(=O)C(=O)N2C[C@H](C)CC[C@H]2c2ccc(S(N)(=O)=O)cc2)cnc1N.Cc1cc(NC(=O)C(=O)N2C[C@H](C)CC[C@H]2c2ccc(S(N)(=O)=O)cc2)cnc1NC(=O)OC(C)(C)C.Cc1cc(NC(=O)C(=O)O)cnc1NC(=O)OC(C)(C)C. The van der Waals surface area contributed by atoms with Crippen molar-refractivity contribution in [3.05, 3.63) is 143 Å². The molecule has 32 nitrogen and oxygen atoms in total. The van der Waals surface area contributed by atoms with E-state index in [-0.39, 0.29) is 55.9 Å². The quantitative estimate of drug-likeness (QED) is 0.0546. The van der Waals surface area contributed by atoms with Crippen LogP contribution < -0.4 is 53.1 Å². The molecule has 0 spiro atoms. The Morgan fingerprint density at radius 2 is 0.810 bits per heavy atom. The molecule has 3 aliphatic rings. The third-order valence-corrected chi connectivity index (χ3v) is 19.3. The molecule has 3 aromatic heterocycles. The zero-order valence-electron chi connectivity index (χ0n) is 60.5. The highest BCUT2D eigenvalue weighted by molar-refractivity contribution is 7.89. The molecule has 0 bridgehead atoms. The van der Waals surface area contributed by atoms with Crippen molar-refractivity contribution in [1.82, 2.24) is 30.1 Å². The first-order valence-electron chi connectivity index (χ1n) is 33.3. The molecule has 35 heteroatoms. The van der Waals surface area contributed by atoms with Crippen LogP contribution in [0.1, 0.15) is 152 Å². The van der Waals surface area contributed by atoms with Crippen molar-refractivity contribution < 1.29 is 78.2 Å². The Kier molecular flexibility index (Phi) is 28.5. The number of nitrogens with two attached hydrogens (primary N) is 4. The molecule has 568 valence electrons. The molecule has 7 amide bonds. The number of anilines is 6. The fraction of sp³-hybridized carbons (Fsp3) is 0.414. The van der Waals surface area contributed by atoms with Gasteiger partial charge in [0.1, 0.15) is 28.7 Å². The van der Waals surface area contributed by atoms with Crippen LogP contribution in [0.2, 0.25) is 0 Å². The number of aryl methyl sites for hydroxylation is 3. The molecule has 3 saturated heterocycles. The first-order valence-corrected chi connectivity index (χ1v) is 37.9. The molecular weight excluding hydrogens is 1420 g/mol. The zero-order chi connectivity index (χ0) is 78.3. The molecule has 0 saturated carbocycles. The Labute approximate surface area is 611 Å². The predicted octanol–water partition coefficient (Wildman–Crippen LogP) is 8.04. The van der Waals surface area contributed by atoms with Crippen molar-refractivity contribution in [2.45, 2.75) is 166 Å². The third-order valence-electron chi connectivity index (χ3n) is 16.5. The number of nitrogens with one attached hydrogen (secondary N) is 6. The number of amides is 7. The Bertz CT molecular complexity index is 4510. The van der Waals surface area contributed by atoms with Gasteiger partial charge in [-0.1, -0.05) is 57.2 Å². The maximum atomic E-state index is 13.2. The summed E-state index contributed by atoms with van der Waals surface area (Å²) in [5.41, 5.74) is 9.69. The molecule has 0 aliphatic carbocycles. The number of nitrogens with zero attached hydrogens (tertiary/aromatic N) is 5. The van der Waals surface area contributed by atoms with E-state index >= 15 is 0 Å². The standard InChI is InChI=1S/C25H33N5O6S.C20H25N5O4S.C13H17N3O5.C12H18N2O2S/c1-15-6-11-20(17-7-9-19(10-8-17)37(26,34)35)30(14-15)23(32)22(31)28-18-12-16(2)21(27-13-18)29-24(33)36-25(3,4)5;1-12-3-8-17(14-4-6-16(7-5-14)30(22,28)29)25(11-12)20(27)19(26)24-15-9-13(2)18(21)23-10-15;1-7-5-8(15-10(17)11(18)19)6-14-9(7)16-12(20)21-13(2,3)4;1-9-2-7-12(14-8-9)10-3-5-11(6-4-10)17(13,15)16/h7-10,12-13,15,20H,6,11,14H2,1-5H3,(H,28,31)(H2,26,34,35)(H,27,29,33);4-7,9-10,12,17H,3,8,11H2,1-2H3,(H2,21,23)(H,24,26)(H2,22,28,29);5-6H,1-4H3,(H,15,17)(H,18,19)(H,14,16,20);3-6,9,12,14H,2,7-8H2,1H3,(H2,13,15,16)/t15-,20+;12-,17+;;9-,12+/m11.0/s1. The number of piperidine rings is 3. The Hall–Kier alpha value is -10.0. The Balaban J connectivity index is 0.000000229. The number of aliphatic carboxylic acids is 1. The van der Waals surface area contributed by atoms with Crippen molar-refractivity contribution in [2.24, 2.45) is 33.2 Å². The average molecular weight is 1510 g/mol. The monoisotopic (exact) mass is 1510 g/mol. The normalized spacial score (nSPS) is 18.2. The number of carboxylic acid groups (broad SMARTS) is 1. The van der Waals surface area contributed by atoms with Gasteiger partial charge in [0.15, 0.2) is 0 Å². The van der Waals surface area contributed by atoms with Crippen LogP contribution in [0.4, 0.5) is 44.1 Å². The molecule has 6 atom stereocenters. The molecule has 9 rings (SSSR count). The van der Waals surface area contributed by atoms with Crippen LogP contribution in [-0.2, 0) is 68.3 Å². The van der Waals surface area contributed by atoms with Gasteiger partial charge in [-0.2, -0.15) is 0 Å². The third kappa shape index (κ3) is 26.0. The predicted molar refractivity (Wildman–Crippen MR) is 393 cm³/mol. The van der Waals surface area contributed by atoms with E-state index < -0.39 is 89.0 Å². The second-order valence-corrected chi connectivity index (χ2v) is 32.6. The molecule has 105 heavy (non-hydrogen) atoms. The summed E-state index contributed by atoms with van der Waals surface area (Å²) >= 11 is 0. The van der Waals surface area contributed by atoms with Crippen LogP contribution in [0.15, 0.2) is 124 Å². The fourth-order valence-corrected chi connectivity index (χ4v) is 12.7. The number of rotatable bonds is 11. The molecule has 3 aromatic carbocycles.